The Morgan fingerprint density at radius 1 is 1.06 bits per heavy atom. The van der Waals surface area contributed by atoms with Crippen LogP contribution in [0.5, 0.6) is 5.75 Å². The third kappa shape index (κ3) is 6.75. The maximum Gasteiger partial charge on any atom is 0.320 e. The SMILES string of the molecule is CCOc1ccccc1NC(=O)N[C@@H](C(=O)Nc1nnc(-c2ccc(Br)cc2)s1)[C@H](C)CC. The summed E-state index contributed by atoms with van der Waals surface area (Å²) in [5.41, 5.74) is 1.43. The molecule has 1 heterocycles. The van der Waals surface area contributed by atoms with Crippen LogP contribution in [0.2, 0.25) is 0 Å². The van der Waals surface area contributed by atoms with Crippen LogP contribution >= 0.6 is 27.3 Å². The number of para-hydroxylation sites is 2. The molecular weight excluding hydrogens is 506 g/mol. The van der Waals surface area contributed by atoms with Crippen molar-refractivity contribution in [2.75, 3.05) is 17.2 Å². The Balaban J connectivity index is 1.68. The highest BCUT2D eigenvalue weighted by Gasteiger charge is 2.27. The number of amides is 3. The van der Waals surface area contributed by atoms with E-state index in [4.69, 9.17) is 4.74 Å². The Hall–Kier alpha value is -2.98. The number of carbonyl (C=O) groups excluding carboxylic acids is 2. The molecule has 8 nitrogen and oxygen atoms in total. The largest absolute Gasteiger partial charge is 0.492 e. The highest BCUT2D eigenvalue weighted by Crippen LogP contribution is 2.28. The highest BCUT2D eigenvalue weighted by molar-refractivity contribution is 9.10. The topological polar surface area (TPSA) is 105 Å². The van der Waals surface area contributed by atoms with Crippen LogP contribution in [0.4, 0.5) is 15.6 Å². The van der Waals surface area contributed by atoms with Crippen LogP contribution < -0.4 is 20.7 Å². The second kappa shape index (κ2) is 11.8. The molecule has 0 aliphatic rings. The van der Waals surface area contributed by atoms with E-state index in [9.17, 15) is 9.59 Å². The van der Waals surface area contributed by atoms with Crippen LogP contribution in [-0.4, -0.2) is 34.8 Å². The van der Waals surface area contributed by atoms with Crippen molar-refractivity contribution in [3.63, 3.8) is 0 Å². The summed E-state index contributed by atoms with van der Waals surface area (Å²) in [5, 5.41) is 17.6. The number of nitrogens with zero attached hydrogens (tertiary/aromatic N) is 2. The van der Waals surface area contributed by atoms with Crippen LogP contribution in [0.1, 0.15) is 27.2 Å². The van der Waals surface area contributed by atoms with Crippen LogP contribution in [0, 0.1) is 5.92 Å². The van der Waals surface area contributed by atoms with Gasteiger partial charge in [-0.05, 0) is 37.1 Å². The zero-order chi connectivity index (χ0) is 23.8. The zero-order valence-corrected chi connectivity index (χ0v) is 21.0. The Kier molecular flexibility index (Phi) is 8.79. The molecule has 0 spiro atoms. The molecule has 0 aliphatic heterocycles. The summed E-state index contributed by atoms with van der Waals surface area (Å²) in [5.74, 6) is 0.113. The number of benzene rings is 2. The van der Waals surface area contributed by atoms with E-state index >= 15 is 0 Å². The average Bonchev–Trinajstić information content (AvgIpc) is 3.27. The number of hydrogen-bond donors (Lipinski definition) is 3. The smallest absolute Gasteiger partial charge is 0.320 e. The van der Waals surface area contributed by atoms with Crippen LogP contribution in [-0.2, 0) is 4.79 Å². The summed E-state index contributed by atoms with van der Waals surface area (Å²) in [6.07, 6.45) is 0.703. The molecule has 3 amide bonds. The minimum absolute atomic E-state index is 0.100. The lowest BCUT2D eigenvalue weighted by Gasteiger charge is -2.23. The van der Waals surface area contributed by atoms with E-state index in [2.05, 4.69) is 42.1 Å². The van der Waals surface area contributed by atoms with Crippen molar-refractivity contribution in [3.8, 4) is 16.3 Å². The second-order valence-corrected chi connectivity index (χ2v) is 9.19. The van der Waals surface area contributed by atoms with Crippen molar-refractivity contribution in [1.82, 2.24) is 15.5 Å². The number of nitrogens with one attached hydrogen (secondary N) is 3. The van der Waals surface area contributed by atoms with Gasteiger partial charge in [0.2, 0.25) is 11.0 Å². The van der Waals surface area contributed by atoms with Gasteiger partial charge >= 0.3 is 6.03 Å². The van der Waals surface area contributed by atoms with Gasteiger partial charge in [0.25, 0.3) is 0 Å². The Morgan fingerprint density at radius 2 is 1.79 bits per heavy atom. The number of ether oxygens (including phenoxy) is 1. The lowest BCUT2D eigenvalue weighted by Crippen LogP contribution is -2.49. The standard InChI is InChI=1S/C23H26BrN5O3S/c1-4-14(3)19(26-22(31)25-17-8-6-7-9-18(17)32-5-2)20(30)27-23-29-28-21(33-23)15-10-12-16(24)13-11-15/h6-14,19H,4-5H2,1-3H3,(H2,25,26,31)(H,27,29,30)/t14-,19-/m1/s1. The van der Waals surface area contributed by atoms with Gasteiger partial charge in [-0.3, -0.25) is 10.1 Å². The fourth-order valence-electron chi connectivity index (χ4n) is 3.02. The molecular formula is C23H26BrN5O3S. The maximum atomic E-state index is 13.0. The molecule has 2 aromatic carbocycles. The van der Waals surface area contributed by atoms with E-state index in [1.54, 1.807) is 18.2 Å². The average molecular weight is 532 g/mol. The predicted molar refractivity (Wildman–Crippen MR) is 135 cm³/mol. The summed E-state index contributed by atoms with van der Waals surface area (Å²) in [6, 6.07) is 13.6. The third-order valence-electron chi connectivity index (χ3n) is 4.96. The lowest BCUT2D eigenvalue weighted by atomic mass is 9.98. The van der Waals surface area contributed by atoms with Crippen molar-refractivity contribution >= 4 is 50.0 Å². The first-order valence-corrected chi connectivity index (χ1v) is 12.2. The van der Waals surface area contributed by atoms with Crippen molar-refractivity contribution in [3.05, 3.63) is 53.0 Å². The van der Waals surface area contributed by atoms with Gasteiger partial charge < -0.3 is 15.4 Å². The fourth-order valence-corrected chi connectivity index (χ4v) is 4.04. The quantitative estimate of drug-likeness (QED) is 0.336. The molecule has 0 radical (unpaired) electrons. The zero-order valence-electron chi connectivity index (χ0n) is 18.6. The summed E-state index contributed by atoms with van der Waals surface area (Å²) >= 11 is 4.68. The molecule has 0 unspecified atom stereocenters. The number of hydrogen-bond acceptors (Lipinski definition) is 6. The molecule has 3 aromatic rings. The minimum Gasteiger partial charge on any atom is -0.492 e. The van der Waals surface area contributed by atoms with Gasteiger partial charge in [0.05, 0.1) is 12.3 Å². The van der Waals surface area contributed by atoms with Crippen LogP contribution in [0.25, 0.3) is 10.6 Å². The van der Waals surface area contributed by atoms with Gasteiger partial charge in [0, 0.05) is 10.0 Å². The van der Waals surface area contributed by atoms with Gasteiger partial charge in [-0.25, -0.2) is 4.79 Å². The van der Waals surface area contributed by atoms with E-state index < -0.39 is 12.1 Å². The monoisotopic (exact) mass is 531 g/mol. The van der Waals surface area contributed by atoms with Crippen molar-refractivity contribution in [2.24, 2.45) is 5.92 Å². The van der Waals surface area contributed by atoms with E-state index in [-0.39, 0.29) is 11.8 Å². The minimum atomic E-state index is -0.755. The first kappa shape index (κ1) is 24.7. The number of rotatable bonds is 9. The van der Waals surface area contributed by atoms with E-state index in [1.807, 2.05) is 51.1 Å². The molecule has 0 saturated heterocycles. The number of urea groups is 1. The van der Waals surface area contributed by atoms with Crippen LogP contribution in [0.3, 0.4) is 0 Å². The molecule has 10 heteroatoms. The van der Waals surface area contributed by atoms with Crippen molar-refractivity contribution in [1.29, 1.82) is 0 Å². The van der Waals surface area contributed by atoms with E-state index in [0.717, 1.165) is 10.0 Å². The highest BCUT2D eigenvalue weighted by atomic mass is 79.9. The fraction of sp³-hybridized carbons (Fsp3) is 0.304. The summed E-state index contributed by atoms with van der Waals surface area (Å²) in [4.78, 5) is 25.7. The lowest BCUT2D eigenvalue weighted by molar-refractivity contribution is -0.119. The van der Waals surface area contributed by atoms with Gasteiger partial charge in [0.15, 0.2) is 0 Å². The molecule has 2 atom stereocenters. The molecule has 0 bridgehead atoms. The molecule has 0 aliphatic carbocycles. The van der Waals surface area contributed by atoms with Gasteiger partial charge in [-0.2, -0.15) is 0 Å². The Bertz CT molecular complexity index is 1090. The molecule has 3 N–H and O–H groups in total. The first-order valence-electron chi connectivity index (χ1n) is 10.6. The van der Waals surface area contributed by atoms with Crippen molar-refractivity contribution < 1.29 is 14.3 Å². The number of halogens is 1. The first-order chi connectivity index (χ1) is 15.9. The summed E-state index contributed by atoms with van der Waals surface area (Å²) < 4.78 is 6.51. The normalized spacial score (nSPS) is 12.5. The Morgan fingerprint density at radius 3 is 2.48 bits per heavy atom. The molecule has 174 valence electrons. The van der Waals surface area contributed by atoms with Gasteiger partial charge in [-0.1, -0.05) is 71.8 Å². The number of aromatic nitrogens is 2. The van der Waals surface area contributed by atoms with E-state index in [0.29, 0.717) is 34.6 Å². The van der Waals surface area contributed by atoms with Gasteiger partial charge in [-0.15, -0.1) is 10.2 Å². The van der Waals surface area contributed by atoms with Crippen LogP contribution in [0.15, 0.2) is 53.0 Å². The summed E-state index contributed by atoms with van der Waals surface area (Å²) in [6.45, 7) is 6.22. The second-order valence-electron chi connectivity index (χ2n) is 7.30. The number of carbonyl (C=O) groups is 2. The maximum absolute atomic E-state index is 13.0. The molecule has 1 aromatic heterocycles. The number of anilines is 2. The van der Waals surface area contributed by atoms with Crippen molar-refractivity contribution in [2.45, 2.75) is 33.2 Å². The molecule has 33 heavy (non-hydrogen) atoms. The molecule has 3 rings (SSSR count). The van der Waals surface area contributed by atoms with Gasteiger partial charge in [0.1, 0.15) is 16.8 Å². The molecule has 0 fully saturated rings. The third-order valence-corrected chi connectivity index (χ3v) is 6.38. The Labute approximate surface area is 205 Å². The molecule has 0 saturated carbocycles. The predicted octanol–water partition coefficient (Wildman–Crippen LogP) is 5.54. The van der Waals surface area contributed by atoms with E-state index in [1.165, 1.54) is 11.3 Å². The summed E-state index contributed by atoms with van der Waals surface area (Å²) in [7, 11) is 0.